The molecular weight excluding hydrogens is 259 g/mol. The highest BCUT2D eigenvalue weighted by Crippen LogP contribution is 2.29. The summed E-state index contributed by atoms with van der Waals surface area (Å²) in [6.07, 6.45) is -3.66. The van der Waals surface area contributed by atoms with Crippen molar-refractivity contribution in [2.24, 2.45) is 5.92 Å². The smallest absolute Gasteiger partial charge is 0.381 e. The molecule has 102 valence electrons. The van der Waals surface area contributed by atoms with Crippen LogP contribution >= 0.6 is 0 Å². The third kappa shape index (κ3) is 3.35. The van der Waals surface area contributed by atoms with Crippen molar-refractivity contribution in [2.75, 3.05) is 25.1 Å². The lowest BCUT2D eigenvalue weighted by atomic mass is 10.1. The van der Waals surface area contributed by atoms with Gasteiger partial charge in [-0.2, -0.15) is 18.4 Å². The molecule has 0 bridgehead atoms. The summed E-state index contributed by atoms with van der Waals surface area (Å²) in [6.45, 7) is 1.68. The molecule has 2 heterocycles. The van der Waals surface area contributed by atoms with Crippen molar-refractivity contribution in [2.45, 2.75) is 12.6 Å². The first kappa shape index (κ1) is 13.6. The summed E-state index contributed by atoms with van der Waals surface area (Å²) in [5.41, 5.74) is -0.899. The molecule has 0 radical (unpaired) electrons. The number of nitriles is 1. The molecule has 1 aromatic heterocycles. The van der Waals surface area contributed by atoms with Gasteiger partial charge in [-0.15, -0.1) is 0 Å². The standard InChI is InChI=1S/C12H12F3N3O/c13-12(14,15)10-2-1-9(5-16)11(18-10)17-6-8-3-4-19-7-8/h1-2,8H,3-4,6-7H2,(H,17,18). The van der Waals surface area contributed by atoms with Gasteiger partial charge in [0.25, 0.3) is 0 Å². The van der Waals surface area contributed by atoms with Gasteiger partial charge in [0.2, 0.25) is 0 Å². The molecule has 1 unspecified atom stereocenters. The minimum absolute atomic E-state index is 0.0239. The fraction of sp³-hybridized carbons (Fsp3) is 0.500. The lowest BCUT2D eigenvalue weighted by molar-refractivity contribution is -0.141. The Hall–Kier alpha value is -1.81. The normalized spacial score (nSPS) is 19.2. The summed E-state index contributed by atoms with van der Waals surface area (Å²) >= 11 is 0. The topological polar surface area (TPSA) is 57.9 Å². The lowest BCUT2D eigenvalue weighted by Gasteiger charge is -2.13. The number of nitrogens with zero attached hydrogens (tertiary/aromatic N) is 2. The minimum atomic E-state index is -4.51. The van der Waals surface area contributed by atoms with Gasteiger partial charge in [0.05, 0.1) is 12.2 Å². The van der Waals surface area contributed by atoms with Gasteiger partial charge in [0.1, 0.15) is 17.6 Å². The predicted octanol–water partition coefficient (Wildman–Crippen LogP) is 2.42. The number of pyridine rings is 1. The van der Waals surface area contributed by atoms with Crippen LogP contribution in [0.15, 0.2) is 12.1 Å². The summed E-state index contributed by atoms with van der Waals surface area (Å²) in [6, 6.07) is 3.76. The SMILES string of the molecule is N#Cc1ccc(C(F)(F)F)nc1NCC1CCOC1. The largest absolute Gasteiger partial charge is 0.433 e. The maximum atomic E-state index is 12.6. The molecule has 1 aliphatic heterocycles. The van der Waals surface area contributed by atoms with Crippen LogP contribution in [0.4, 0.5) is 19.0 Å². The van der Waals surface area contributed by atoms with Crippen LogP contribution in [0.3, 0.4) is 0 Å². The zero-order valence-corrected chi connectivity index (χ0v) is 10.00. The number of aromatic nitrogens is 1. The van der Waals surface area contributed by atoms with Crippen LogP contribution < -0.4 is 5.32 Å². The molecule has 19 heavy (non-hydrogen) atoms. The summed E-state index contributed by atoms with van der Waals surface area (Å²) in [5.74, 6) is 0.215. The van der Waals surface area contributed by atoms with Crippen LogP contribution in [0.5, 0.6) is 0 Å². The number of hydrogen-bond donors (Lipinski definition) is 1. The van der Waals surface area contributed by atoms with Gasteiger partial charge in [0, 0.05) is 19.1 Å². The van der Waals surface area contributed by atoms with Gasteiger partial charge >= 0.3 is 6.18 Å². The molecule has 0 amide bonds. The van der Waals surface area contributed by atoms with Crippen LogP contribution in [0.2, 0.25) is 0 Å². The van der Waals surface area contributed by atoms with Gasteiger partial charge in [0.15, 0.2) is 0 Å². The van der Waals surface area contributed by atoms with Gasteiger partial charge < -0.3 is 10.1 Å². The second-order valence-corrected chi connectivity index (χ2v) is 4.31. The number of halogens is 3. The molecule has 0 aromatic carbocycles. The molecule has 1 saturated heterocycles. The molecule has 0 spiro atoms. The molecule has 1 aliphatic rings. The molecule has 2 rings (SSSR count). The first-order valence-electron chi connectivity index (χ1n) is 5.80. The Morgan fingerprint density at radius 3 is 2.84 bits per heavy atom. The van der Waals surface area contributed by atoms with Crippen molar-refractivity contribution in [1.82, 2.24) is 4.98 Å². The fourth-order valence-corrected chi connectivity index (χ4v) is 1.83. The van der Waals surface area contributed by atoms with E-state index in [9.17, 15) is 13.2 Å². The van der Waals surface area contributed by atoms with Gasteiger partial charge in [-0.1, -0.05) is 0 Å². The van der Waals surface area contributed by atoms with E-state index in [1.54, 1.807) is 0 Å². The average molecular weight is 271 g/mol. The maximum Gasteiger partial charge on any atom is 0.433 e. The van der Waals surface area contributed by atoms with Crippen molar-refractivity contribution >= 4 is 5.82 Å². The summed E-state index contributed by atoms with van der Waals surface area (Å²) in [5, 5.41) is 11.7. The van der Waals surface area contributed by atoms with Gasteiger partial charge in [-0.25, -0.2) is 4.98 Å². The molecule has 1 atom stereocenters. The van der Waals surface area contributed by atoms with E-state index in [1.807, 2.05) is 6.07 Å². The Kier molecular flexibility index (Phi) is 3.90. The fourth-order valence-electron chi connectivity index (χ4n) is 1.83. The Labute approximate surface area is 108 Å². The molecule has 1 N–H and O–H groups in total. The molecule has 4 nitrogen and oxygen atoms in total. The van der Waals surface area contributed by atoms with E-state index in [0.717, 1.165) is 18.6 Å². The predicted molar refractivity (Wildman–Crippen MR) is 61.4 cm³/mol. The number of ether oxygens (including phenoxy) is 1. The van der Waals surface area contributed by atoms with Crippen molar-refractivity contribution in [3.63, 3.8) is 0 Å². The minimum Gasteiger partial charge on any atom is -0.381 e. The molecule has 0 aliphatic carbocycles. The monoisotopic (exact) mass is 271 g/mol. The Bertz CT molecular complexity index is 490. The second kappa shape index (κ2) is 5.45. The highest BCUT2D eigenvalue weighted by molar-refractivity contribution is 5.52. The molecular formula is C12H12F3N3O. The molecule has 7 heteroatoms. The van der Waals surface area contributed by atoms with E-state index in [-0.39, 0.29) is 17.3 Å². The number of anilines is 1. The zero-order valence-electron chi connectivity index (χ0n) is 10.00. The van der Waals surface area contributed by atoms with E-state index >= 15 is 0 Å². The number of alkyl halides is 3. The van der Waals surface area contributed by atoms with Crippen molar-refractivity contribution in [1.29, 1.82) is 5.26 Å². The first-order valence-corrected chi connectivity index (χ1v) is 5.80. The average Bonchev–Trinajstić information content (AvgIpc) is 2.88. The van der Waals surface area contributed by atoms with Crippen LogP contribution in [-0.4, -0.2) is 24.7 Å². The Morgan fingerprint density at radius 2 is 2.26 bits per heavy atom. The summed E-state index contributed by atoms with van der Waals surface area (Å²) in [7, 11) is 0. The van der Waals surface area contributed by atoms with Crippen molar-refractivity contribution in [3.05, 3.63) is 23.4 Å². The highest BCUT2D eigenvalue weighted by Gasteiger charge is 2.33. The van der Waals surface area contributed by atoms with Gasteiger partial charge in [-0.3, -0.25) is 0 Å². The third-order valence-corrected chi connectivity index (χ3v) is 2.89. The Morgan fingerprint density at radius 1 is 1.47 bits per heavy atom. The van der Waals surface area contributed by atoms with E-state index in [1.165, 1.54) is 0 Å². The van der Waals surface area contributed by atoms with E-state index in [2.05, 4.69) is 10.3 Å². The van der Waals surface area contributed by atoms with Crippen LogP contribution in [0.1, 0.15) is 17.7 Å². The Balaban J connectivity index is 2.14. The number of hydrogen-bond acceptors (Lipinski definition) is 4. The highest BCUT2D eigenvalue weighted by atomic mass is 19.4. The quantitative estimate of drug-likeness (QED) is 0.917. The van der Waals surface area contributed by atoms with Crippen LogP contribution in [0, 0.1) is 17.2 Å². The maximum absolute atomic E-state index is 12.6. The van der Waals surface area contributed by atoms with Gasteiger partial charge in [-0.05, 0) is 18.6 Å². The van der Waals surface area contributed by atoms with E-state index in [4.69, 9.17) is 10.00 Å². The molecule has 1 fully saturated rings. The first-order chi connectivity index (χ1) is 9.00. The van der Waals surface area contributed by atoms with Crippen LogP contribution in [-0.2, 0) is 10.9 Å². The van der Waals surface area contributed by atoms with E-state index < -0.39 is 11.9 Å². The van der Waals surface area contributed by atoms with Crippen LogP contribution in [0.25, 0.3) is 0 Å². The number of rotatable bonds is 3. The lowest BCUT2D eigenvalue weighted by Crippen LogP contribution is -2.17. The van der Waals surface area contributed by atoms with E-state index in [0.29, 0.717) is 19.8 Å². The third-order valence-electron chi connectivity index (χ3n) is 2.89. The summed E-state index contributed by atoms with van der Waals surface area (Å²) in [4.78, 5) is 3.48. The molecule has 0 saturated carbocycles. The van der Waals surface area contributed by atoms with Crippen molar-refractivity contribution < 1.29 is 17.9 Å². The van der Waals surface area contributed by atoms with Crippen molar-refractivity contribution in [3.8, 4) is 6.07 Å². The molecule has 1 aromatic rings. The number of nitrogens with one attached hydrogen (secondary N) is 1. The summed E-state index contributed by atoms with van der Waals surface area (Å²) < 4.78 is 42.8. The second-order valence-electron chi connectivity index (χ2n) is 4.31. The zero-order chi connectivity index (χ0) is 13.9.